The summed E-state index contributed by atoms with van der Waals surface area (Å²) in [7, 11) is 0. The molecule has 3 rings (SSSR count). The molecule has 0 bridgehead atoms. The number of carbonyl (C=O) groups excluding carboxylic acids is 2. The fourth-order valence-electron chi connectivity index (χ4n) is 4.00. The maximum atomic E-state index is 12.7. The highest BCUT2D eigenvalue weighted by molar-refractivity contribution is 5.98. The number of ether oxygens (including phenoxy) is 2. The zero-order valence-corrected chi connectivity index (χ0v) is 19.0. The fraction of sp³-hybridized carbons (Fsp3) is 0.500. The first-order chi connectivity index (χ1) is 14.8. The number of aryl methyl sites for hydroxylation is 2. The minimum atomic E-state index is -0.285. The van der Waals surface area contributed by atoms with E-state index in [4.69, 9.17) is 13.9 Å². The van der Waals surface area contributed by atoms with Crippen molar-refractivity contribution in [2.24, 2.45) is 0 Å². The van der Waals surface area contributed by atoms with Gasteiger partial charge in [-0.25, -0.2) is 4.79 Å². The molecule has 1 aliphatic rings. The summed E-state index contributed by atoms with van der Waals surface area (Å²) in [5.41, 5.74) is 4.52. The van der Waals surface area contributed by atoms with Gasteiger partial charge in [-0.3, -0.25) is 4.79 Å². The molecule has 7 heteroatoms. The smallest absolute Gasteiger partial charge is 0.409 e. The van der Waals surface area contributed by atoms with Crippen molar-refractivity contribution >= 4 is 28.5 Å². The number of carbonyl (C=O) groups is 2. The van der Waals surface area contributed by atoms with Crippen molar-refractivity contribution in [2.75, 3.05) is 26.3 Å². The maximum Gasteiger partial charge on any atom is 0.409 e. The molecular formula is C24H32N2O5. The van der Waals surface area contributed by atoms with Gasteiger partial charge in [-0.1, -0.05) is 0 Å². The summed E-state index contributed by atoms with van der Waals surface area (Å²) < 4.78 is 16.7. The average Bonchev–Trinajstić information content (AvgIpc) is 3.11. The molecule has 1 saturated heterocycles. The maximum absolute atomic E-state index is 12.7. The summed E-state index contributed by atoms with van der Waals surface area (Å²) >= 11 is 0. The number of rotatable bonds is 6. The third-order valence-electron chi connectivity index (χ3n) is 5.67. The van der Waals surface area contributed by atoms with Crippen molar-refractivity contribution in [3.8, 4) is 5.75 Å². The van der Waals surface area contributed by atoms with Crippen molar-refractivity contribution in [1.82, 2.24) is 10.2 Å². The molecule has 1 fully saturated rings. The molecular weight excluding hydrogens is 396 g/mol. The topological polar surface area (TPSA) is 81.0 Å². The number of furan rings is 1. The van der Waals surface area contributed by atoms with E-state index in [2.05, 4.69) is 5.32 Å². The van der Waals surface area contributed by atoms with E-state index in [-0.39, 0.29) is 18.0 Å². The Morgan fingerprint density at radius 3 is 2.58 bits per heavy atom. The Morgan fingerprint density at radius 2 is 1.94 bits per heavy atom. The van der Waals surface area contributed by atoms with E-state index in [0.29, 0.717) is 39.1 Å². The third kappa shape index (κ3) is 5.03. The summed E-state index contributed by atoms with van der Waals surface area (Å²) in [6, 6.07) is 2.07. The van der Waals surface area contributed by atoms with Gasteiger partial charge >= 0.3 is 6.09 Å². The van der Waals surface area contributed by atoms with Crippen LogP contribution in [0.2, 0.25) is 0 Å². The SMILES string of the molecule is CCOC(=O)N1CCC(NC(=O)/C=C(\C)c2cc3c(C)coc3c(C)c2OCC)CC1. The van der Waals surface area contributed by atoms with Crippen LogP contribution in [0, 0.1) is 13.8 Å². The van der Waals surface area contributed by atoms with Crippen LogP contribution in [0.1, 0.15) is 50.3 Å². The number of benzene rings is 1. The number of amides is 2. The Bertz CT molecular complexity index is 984. The summed E-state index contributed by atoms with van der Waals surface area (Å²) in [6.45, 7) is 11.7. The molecule has 0 spiro atoms. The van der Waals surface area contributed by atoms with E-state index in [0.717, 1.165) is 39.0 Å². The van der Waals surface area contributed by atoms with Crippen molar-refractivity contribution in [1.29, 1.82) is 0 Å². The van der Waals surface area contributed by atoms with Gasteiger partial charge in [0.1, 0.15) is 11.3 Å². The molecule has 1 aliphatic heterocycles. The average molecular weight is 429 g/mol. The third-order valence-corrected chi connectivity index (χ3v) is 5.67. The largest absolute Gasteiger partial charge is 0.493 e. The number of allylic oxidation sites excluding steroid dienone is 1. The molecule has 1 N–H and O–H groups in total. The van der Waals surface area contributed by atoms with Crippen LogP contribution in [-0.4, -0.2) is 49.2 Å². The Kier molecular flexibility index (Phi) is 7.25. The van der Waals surface area contributed by atoms with Crippen LogP contribution in [0.15, 0.2) is 22.8 Å². The van der Waals surface area contributed by atoms with E-state index in [1.165, 1.54) is 0 Å². The highest BCUT2D eigenvalue weighted by Crippen LogP contribution is 2.37. The van der Waals surface area contributed by atoms with Gasteiger partial charge in [0.05, 0.1) is 19.5 Å². The van der Waals surface area contributed by atoms with Gasteiger partial charge in [-0.15, -0.1) is 0 Å². The van der Waals surface area contributed by atoms with Gasteiger partial charge < -0.3 is 24.1 Å². The lowest BCUT2D eigenvalue weighted by atomic mass is 9.98. The van der Waals surface area contributed by atoms with Crippen molar-refractivity contribution in [3.63, 3.8) is 0 Å². The summed E-state index contributed by atoms with van der Waals surface area (Å²) in [6.07, 6.45) is 4.50. The van der Waals surface area contributed by atoms with Gasteiger partial charge in [0.25, 0.3) is 0 Å². The second kappa shape index (κ2) is 9.90. The molecule has 1 aromatic heterocycles. The molecule has 2 amide bonds. The number of nitrogens with one attached hydrogen (secondary N) is 1. The zero-order valence-electron chi connectivity index (χ0n) is 19.0. The first-order valence-corrected chi connectivity index (χ1v) is 10.9. The number of hydrogen-bond acceptors (Lipinski definition) is 5. The minimum absolute atomic E-state index is 0.0360. The van der Waals surface area contributed by atoms with Crippen molar-refractivity contribution in [3.05, 3.63) is 35.1 Å². The molecule has 168 valence electrons. The molecule has 0 atom stereocenters. The normalized spacial score (nSPS) is 15.3. The lowest BCUT2D eigenvalue weighted by Crippen LogP contribution is -2.46. The molecule has 0 aliphatic carbocycles. The molecule has 31 heavy (non-hydrogen) atoms. The lowest BCUT2D eigenvalue weighted by molar-refractivity contribution is -0.117. The minimum Gasteiger partial charge on any atom is -0.493 e. The van der Waals surface area contributed by atoms with Gasteiger partial charge in [0, 0.05) is 41.7 Å². The summed E-state index contributed by atoms with van der Waals surface area (Å²) in [5, 5.41) is 4.09. The van der Waals surface area contributed by atoms with E-state index >= 15 is 0 Å². The van der Waals surface area contributed by atoms with Crippen LogP contribution in [0.3, 0.4) is 0 Å². The van der Waals surface area contributed by atoms with Gasteiger partial charge in [-0.2, -0.15) is 0 Å². The second-order valence-electron chi connectivity index (χ2n) is 7.90. The predicted octanol–water partition coefficient (Wildman–Crippen LogP) is 4.59. The van der Waals surface area contributed by atoms with E-state index in [1.807, 2.05) is 33.8 Å². The highest BCUT2D eigenvalue weighted by atomic mass is 16.6. The summed E-state index contributed by atoms with van der Waals surface area (Å²) in [4.78, 5) is 26.2. The number of piperidine rings is 1. The number of hydrogen-bond donors (Lipinski definition) is 1. The highest BCUT2D eigenvalue weighted by Gasteiger charge is 2.24. The van der Waals surface area contributed by atoms with Crippen LogP contribution < -0.4 is 10.1 Å². The molecule has 7 nitrogen and oxygen atoms in total. The number of nitrogens with zero attached hydrogens (tertiary/aromatic N) is 1. The lowest BCUT2D eigenvalue weighted by Gasteiger charge is -2.31. The van der Waals surface area contributed by atoms with Crippen LogP contribution in [-0.2, 0) is 9.53 Å². The quantitative estimate of drug-likeness (QED) is 0.681. The Hall–Kier alpha value is -2.96. The second-order valence-corrected chi connectivity index (χ2v) is 7.90. The van der Waals surface area contributed by atoms with Crippen LogP contribution in [0.5, 0.6) is 5.75 Å². The predicted molar refractivity (Wildman–Crippen MR) is 120 cm³/mol. The number of likely N-dealkylation sites (tertiary alicyclic amines) is 1. The first-order valence-electron chi connectivity index (χ1n) is 10.9. The van der Waals surface area contributed by atoms with Crippen LogP contribution >= 0.6 is 0 Å². The van der Waals surface area contributed by atoms with Crippen molar-refractivity contribution in [2.45, 2.75) is 53.5 Å². The van der Waals surface area contributed by atoms with Gasteiger partial charge in [0.15, 0.2) is 0 Å². The molecule has 2 heterocycles. The Labute approximate surface area is 183 Å². The standard InChI is InChI=1S/C24H32N2O5/c1-6-29-22-17(5)23-20(16(4)14-31-23)13-19(22)15(3)12-21(27)25-18-8-10-26(11-9-18)24(28)30-7-2/h12-14,18H,6-11H2,1-5H3,(H,25,27)/b15-12+. The van der Waals surface area contributed by atoms with Crippen molar-refractivity contribution < 1.29 is 23.5 Å². The fourth-order valence-corrected chi connectivity index (χ4v) is 4.00. The van der Waals surface area contributed by atoms with Crippen LogP contribution in [0.4, 0.5) is 4.79 Å². The molecule has 0 radical (unpaired) electrons. The Morgan fingerprint density at radius 1 is 1.23 bits per heavy atom. The van der Waals surface area contributed by atoms with E-state index < -0.39 is 0 Å². The zero-order chi connectivity index (χ0) is 22.5. The molecule has 0 unspecified atom stereocenters. The first kappa shape index (κ1) is 22.7. The van der Waals surface area contributed by atoms with E-state index in [1.54, 1.807) is 24.2 Å². The van der Waals surface area contributed by atoms with Gasteiger partial charge in [-0.05, 0) is 64.7 Å². The monoisotopic (exact) mass is 428 g/mol. The Balaban J connectivity index is 1.73. The van der Waals surface area contributed by atoms with E-state index in [9.17, 15) is 9.59 Å². The molecule has 1 aromatic carbocycles. The molecule has 0 saturated carbocycles. The number of fused-ring (bicyclic) bond motifs is 1. The molecule has 2 aromatic rings. The summed E-state index contributed by atoms with van der Waals surface area (Å²) in [5.74, 6) is 0.602. The van der Waals surface area contributed by atoms with Gasteiger partial charge in [0.2, 0.25) is 5.91 Å². The van der Waals surface area contributed by atoms with Crippen LogP contribution in [0.25, 0.3) is 16.5 Å².